The Balaban J connectivity index is 1.53. The first-order chi connectivity index (χ1) is 15.1. The number of rotatable bonds is 7. The third-order valence-electron chi connectivity index (χ3n) is 5.75. The largest absolute Gasteiger partial charge is 0.496 e. The van der Waals surface area contributed by atoms with E-state index in [1.165, 1.54) is 6.42 Å². The standard InChI is InChI=1S/C23H26F2N4O2/c1-31-20-8-4-3-7-16(20)19(29-11-5-2-6-12-29)14-26-23(30)15-9-10-17-18(13-15)28-22(27-17)21(24)25/h3-4,7-10,13,19,21H,2,5-6,11-12,14H2,1H3,(H,26,30)(H,27,28). The third kappa shape index (κ3) is 4.69. The molecule has 164 valence electrons. The number of H-pyrrole nitrogens is 1. The predicted octanol–water partition coefficient (Wildman–Crippen LogP) is 4.47. The maximum atomic E-state index is 12.9. The molecule has 1 amide bonds. The van der Waals surface area contributed by atoms with Gasteiger partial charge in [0.2, 0.25) is 0 Å². The lowest BCUT2D eigenvalue weighted by atomic mass is 10.0. The second-order valence-corrected chi connectivity index (χ2v) is 7.72. The summed E-state index contributed by atoms with van der Waals surface area (Å²) in [6.45, 7) is 2.35. The van der Waals surface area contributed by atoms with Gasteiger partial charge < -0.3 is 15.0 Å². The fourth-order valence-corrected chi connectivity index (χ4v) is 4.17. The number of ether oxygens (including phenoxy) is 1. The average molecular weight is 428 g/mol. The minimum Gasteiger partial charge on any atom is -0.496 e. The van der Waals surface area contributed by atoms with Gasteiger partial charge in [0, 0.05) is 17.7 Å². The molecule has 31 heavy (non-hydrogen) atoms. The molecule has 4 rings (SSSR count). The SMILES string of the molecule is COc1ccccc1C(CNC(=O)c1ccc2nc(C(F)F)[nH]c2c1)N1CCCCC1. The van der Waals surface area contributed by atoms with Gasteiger partial charge in [0.15, 0.2) is 5.82 Å². The summed E-state index contributed by atoms with van der Waals surface area (Å²) in [4.78, 5) is 21.7. The summed E-state index contributed by atoms with van der Waals surface area (Å²) in [6, 6.07) is 12.6. The van der Waals surface area contributed by atoms with Crippen molar-refractivity contribution >= 4 is 16.9 Å². The molecule has 1 saturated heterocycles. The van der Waals surface area contributed by atoms with Crippen molar-refractivity contribution in [1.29, 1.82) is 0 Å². The number of fused-ring (bicyclic) bond motifs is 1. The zero-order valence-electron chi connectivity index (χ0n) is 17.4. The van der Waals surface area contributed by atoms with Gasteiger partial charge in [0.05, 0.1) is 24.2 Å². The highest BCUT2D eigenvalue weighted by molar-refractivity contribution is 5.97. The number of aromatic amines is 1. The molecule has 0 saturated carbocycles. The zero-order valence-corrected chi connectivity index (χ0v) is 17.4. The summed E-state index contributed by atoms with van der Waals surface area (Å²) in [5.74, 6) is 0.145. The van der Waals surface area contributed by atoms with Gasteiger partial charge in [0.1, 0.15) is 5.75 Å². The second-order valence-electron chi connectivity index (χ2n) is 7.72. The molecule has 1 aliphatic rings. The lowest BCUT2D eigenvalue weighted by Crippen LogP contribution is -2.40. The van der Waals surface area contributed by atoms with Crippen LogP contribution in [0.1, 0.15) is 53.5 Å². The Morgan fingerprint density at radius 3 is 2.71 bits per heavy atom. The molecular formula is C23H26F2N4O2. The topological polar surface area (TPSA) is 70.2 Å². The molecule has 6 nitrogen and oxygen atoms in total. The molecule has 0 aliphatic carbocycles. The van der Waals surface area contributed by atoms with Crippen molar-refractivity contribution in [1.82, 2.24) is 20.2 Å². The third-order valence-corrected chi connectivity index (χ3v) is 5.75. The first-order valence-electron chi connectivity index (χ1n) is 10.5. The number of carbonyl (C=O) groups excluding carboxylic acids is 1. The van der Waals surface area contributed by atoms with E-state index >= 15 is 0 Å². The van der Waals surface area contributed by atoms with E-state index in [0.717, 1.165) is 37.2 Å². The van der Waals surface area contributed by atoms with Crippen LogP contribution in [0.3, 0.4) is 0 Å². The van der Waals surface area contributed by atoms with Crippen LogP contribution in [0.15, 0.2) is 42.5 Å². The Kier molecular flexibility index (Phi) is 6.46. The van der Waals surface area contributed by atoms with Gasteiger partial charge in [-0.2, -0.15) is 0 Å². The molecule has 1 aliphatic heterocycles. The molecule has 2 heterocycles. The molecule has 0 bridgehead atoms. The van der Waals surface area contributed by atoms with Crippen LogP contribution in [-0.4, -0.2) is 47.5 Å². The highest BCUT2D eigenvalue weighted by atomic mass is 19.3. The maximum absolute atomic E-state index is 12.9. The predicted molar refractivity (Wildman–Crippen MR) is 115 cm³/mol. The second kappa shape index (κ2) is 9.43. The van der Waals surface area contributed by atoms with Crippen LogP contribution < -0.4 is 10.1 Å². The number of piperidine rings is 1. The van der Waals surface area contributed by atoms with E-state index in [9.17, 15) is 13.6 Å². The van der Waals surface area contributed by atoms with Crippen LogP contribution in [0.4, 0.5) is 8.78 Å². The summed E-state index contributed by atoms with van der Waals surface area (Å²) in [5, 5.41) is 3.02. The molecule has 8 heteroatoms. The molecule has 1 unspecified atom stereocenters. The summed E-state index contributed by atoms with van der Waals surface area (Å²) in [5.41, 5.74) is 2.26. The highest BCUT2D eigenvalue weighted by Crippen LogP contribution is 2.31. The Labute approximate surface area is 179 Å². The number of nitrogens with zero attached hydrogens (tertiary/aromatic N) is 2. The van der Waals surface area contributed by atoms with Gasteiger partial charge in [-0.15, -0.1) is 0 Å². The van der Waals surface area contributed by atoms with Crippen LogP contribution in [-0.2, 0) is 0 Å². The van der Waals surface area contributed by atoms with E-state index < -0.39 is 12.2 Å². The summed E-state index contributed by atoms with van der Waals surface area (Å²) in [7, 11) is 1.65. The minimum absolute atomic E-state index is 0.0123. The minimum atomic E-state index is -2.68. The normalized spacial score (nSPS) is 15.9. The molecule has 1 fully saturated rings. The number of imidazole rings is 1. The Hall–Kier alpha value is -3.00. The number of methoxy groups -OCH3 is 1. The smallest absolute Gasteiger partial charge is 0.295 e. The number of para-hydroxylation sites is 1. The Morgan fingerprint density at radius 1 is 1.19 bits per heavy atom. The van der Waals surface area contributed by atoms with Crippen molar-refractivity contribution in [2.45, 2.75) is 31.7 Å². The summed E-state index contributed by atoms with van der Waals surface area (Å²) >= 11 is 0. The monoisotopic (exact) mass is 428 g/mol. The van der Waals surface area contributed by atoms with E-state index in [2.05, 4.69) is 20.2 Å². The lowest BCUT2D eigenvalue weighted by Gasteiger charge is -2.35. The van der Waals surface area contributed by atoms with Crippen molar-refractivity contribution in [3.8, 4) is 5.75 Å². The zero-order chi connectivity index (χ0) is 21.8. The number of hydrogen-bond acceptors (Lipinski definition) is 4. The fourth-order valence-electron chi connectivity index (χ4n) is 4.17. The molecule has 1 aromatic heterocycles. The van der Waals surface area contributed by atoms with Crippen LogP contribution in [0.25, 0.3) is 11.0 Å². The first kappa shape index (κ1) is 21.2. The Morgan fingerprint density at radius 2 is 1.97 bits per heavy atom. The van der Waals surface area contributed by atoms with Crippen molar-refractivity contribution in [2.24, 2.45) is 0 Å². The van der Waals surface area contributed by atoms with Crippen LogP contribution in [0.5, 0.6) is 5.75 Å². The van der Waals surface area contributed by atoms with E-state index in [4.69, 9.17) is 4.74 Å². The van der Waals surface area contributed by atoms with Crippen LogP contribution in [0.2, 0.25) is 0 Å². The molecule has 0 radical (unpaired) electrons. The highest BCUT2D eigenvalue weighted by Gasteiger charge is 2.25. The number of hydrogen-bond donors (Lipinski definition) is 2. The van der Waals surface area contributed by atoms with E-state index in [1.807, 2.05) is 24.3 Å². The number of alkyl halides is 2. The summed E-state index contributed by atoms with van der Waals surface area (Å²) < 4.78 is 31.3. The van der Waals surface area contributed by atoms with E-state index in [0.29, 0.717) is 23.1 Å². The number of benzene rings is 2. The van der Waals surface area contributed by atoms with Crippen molar-refractivity contribution in [3.05, 3.63) is 59.4 Å². The molecular weight excluding hydrogens is 402 g/mol. The van der Waals surface area contributed by atoms with Gasteiger partial charge in [-0.1, -0.05) is 24.6 Å². The van der Waals surface area contributed by atoms with Gasteiger partial charge in [-0.3, -0.25) is 9.69 Å². The molecule has 3 aromatic rings. The van der Waals surface area contributed by atoms with E-state index in [1.54, 1.807) is 25.3 Å². The first-order valence-corrected chi connectivity index (χ1v) is 10.5. The molecule has 0 spiro atoms. The van der Waals surface area contributed by atoms with Crippen molar-refractivity contribution < 1.29 is 18.3 Å². The number of amides is 1. The average Bonchev–Trinajstić information content (AvgIpc) is 3.24. The number of aromatic nitrogens is 2. The van der Waals surface area contributed by atoms with Crippen molar-refractivity contribution in [2.75, 3.05) is 26.7 Å². The number of carbonyl (C=O) groups is 1. The van der Waals surface area contributed by atoms with Gasteiger partial charge in [-0.05, 0) is 50.2 Å². The summed E-state index contributed by atoms with van der Waals surface area (Å²) in [6.07, 6.45) is 0.785. The Bertz CT molecular complexity index is 1050. The van der Waals surface area contributed by atoms with E-state index in [-0.39, 0.29) is 11.9 Å². The van der Waals surface area contributed by atoms with Gasteiger partial charge >= 0.3 is 0 Å². The maximum Gasteiger partial charge on any atom is 0.295 e. The number of halogens is 2. The fraction of sp³-hybridized carbons (Fsp3) is 0.391. The van der Waals surface area contributed by atoms with Crippen molar-refractivity contribution in [3.63, 3.8) is 0 Å². The molecule has 1 atom stereocenters. The van der Waals surface area contributed by atoms with Crippen LogP contribution in [0, 0.1) is 0 Å². The van der Waals surface area contributed by atoms with Gasteiger partial charge in [0.25, 0.3) is 12.3 Å². The van der Waals surface area contributed by atoms with Crippen LogP contribution >= 0.6 is 0 Å². The number of nitrogens with one attached hydrogen (secondary N) is 2. The number of likely N-dealkylation sites (tertiary alicyclic amines) is 1. The molecule has 2 aromatic carbocycles. The van der Waals surface area contributed by atoms with Gasteiger partial charge in [-0.25, -0.2) is 13.8 Å². The quantitative estimate of drug-likeness (QED) is 0.583. The lowest BCUT2D eigenvalue weighted by molar-refractivity contribution is 0.0923. The molecule has 2 N–H and O–H groups in total.